The standard InChI is InChI=1S/C16H24BrN3/c17-15-12-13(18)4-5-16(15)20-10-6-14(7-11-20)19-8-2-1-3-9-19/h4-5,12,14H,1-3,6-11,18H2. The molecule has 0 saturated carbocycles. The average molecular weight is 338 g/mol. The van der Waals surface area contributed by atoms with E-state index in [2.05, 4.69) is 31.8 Å². The van der Waals surface area contributed by atoms with E-state index < -0.39 is 0 Å². The molecule has 20 heavy (non-hydrogen) atoms. The van der Waals surface area contributed by atoms with Crippen molar-refractivity contribution in [3.05, 3.63) is 22.7 Å². The zero-order valence-electron chi connectivity index (χ0n) is 12.0. The minimum atomic E-state index is 0.805. The SMILES string of the molecule is Nc1ccc(N2CCC(N3CCCCC3)CC2)c(Br)c1. The molecule has 2 fully saturated rings. The summed E-state index contributed by atoms with van der Waals surface area (Å²) in [6.45, 7) is 4.94. The fourth-order valence-electron chi connectivity index (χ4n) is 3.54. The van der Waals surface area contributed by atoms with E-state index in [9.17, 15) is 0 Å². The molecule has 0 amide bonds. The van der Waals surface area contributed by atoms with Crippen molar-refractivity contribution in [3.8, 4) is 0 Å². The largest absolute Gasteiger partial charge is 0.399 e. The third kappa shape index (κ3) is 3.12. The summed E-state index contributed by atoms with van der Waals surface area (Å²) in [5.74, 6) is 0. The van der Waals surface area contributed by atoms with Crippen LogP contribution >= 0.6 is 15.9 Å². The fraction of sp³-hybridized carbons (Fsp3) is 0.625. The van der Waals surface area contributed by atoms with Gasteiger partial charge in [0.15, 0.2) is 0 Å². The second-order valence-corrected chi connectivity index (χ2v) is 6.88. The first kappa shape index (κ1) is 14.2. The highest BCUT2D eigenvalue weighted by molar-refractivity contribution is 9.10. The molecule has 0 bridgehead atoms. The second-order valence-electron chi connectivity index (χ2n) is 6.03. The molecule has 0 radical (unpaired) electrons. The summed E-state index contributed by atoms with van der Waals surface area (Å²) < 4.78 is 1.12. The lowest BCUT2D eigenvalue weighted by Gasteiger charge is -2.41. The number of nitrogen functional groups attached to an aromatic ring is 1. The summed E-state index contributed by atoms with van der Waals surface area (Å²) in [6.07, 6.45) is 6.79. The number of nitrogens with zero attached hydrogens (tertiary/aromatic N) is 2. The van der Waals surface area contributed by atoms with Gasteiger partial charge in [0, 0.05) is 29.3 Å². The highest BCUT2D eigenvalue weighted by Gasteiger charge is 2.26. The highest BCUT2D eigenvalue weighted by Crippen LogP contribution is 2.31. The number of halogens is 1. The van der Waals surface area contributed by atoms with Crippen molar-refractivity contribution >= 4 is 27.3 Å². The summed E-state index contributed by atoms with van der Waals surface area (Å²) in [4.78, 5) is 5.21. The number of hydrogen-bond donors (Lipinski definition) is 1. The normalized spacial score (nSPS) is 22.1. The van der Waals surface area contributed by atoms with Crippen molar-refractivity contribution in [1.29, 1.82) is 0 Å². The van der Waals surface area contributed by atoms with Gasteiger partial charge in [-0.25, -0.2) is 0 Å². The molecule has 3 rings (SSSR count). The summed E-state index contributed by atoms with van der Waals surface area (Å²) in [6, 6.07) is 6.95. The van der Waals surface area contributed by atoms with Gasteiger partial charge in [0.25, 0.3) is 0 Å². The van der Waals surface area contributed by atoms with E-state index in [0.29, 0.717) is 0 Å². The lowest BCUT2D eigenvalue weighted by molar-refractivity contribution is 0.141. The van der Waals surface area contributed by atoms with Crippen LogP contribution in [0.25, 0.3) is 0 Å². The summed E-state index contributed by atoms with van der Waals surface area (Å²) in [5.41, 5.74) is 7.93. The Morgan fingerprint density at radius 2 is 1.70 bits per heavy atom. The van der Waals surface area contributed by atoms with Crippen LogP contribution in [-0.4, -0.2) is 37.1 Å². The van der Waals surface area contributed by atoms with E-state index in [1.165, 1.54) is 50.9 Å². The predicted molar refractivity (Wildman–Crippen MR) is 89.2 cm³/mol. The van der Waals surface area contributed by atoms with Crippen LogP contribution in [0.3, 0.4) is 0 Å². The molecular formula is C16H24BrN3. The number of anilines is 2. The maximum atomic E-state index is 5.82. The van der Waals surface area contributed by atoms with Crippen LogP contribution < -0.4 is 10.6 Å². The Bertz CT molecular complexity index is 449. The number of rotatable bonds is 2. The van der Waals surface area contributed by atoms with Crippen molar-refractivity contribution in [2.75, 3.05) is 36.8 Å². The van der Waals surface area contributed by atoms with E-state index in [1.54, 1.807) is 0 Å². The van der Waals surface area contributed by atoms with E-state index >= 15 is 0 Å². The van der Waals surface area contributed by atoms with Gasteiger partial charge in [-0.15, -0.1) is 0 Å². The molecule has 0 aliphatic carbocycles. The smallest absolute Gasteiger partial charge is 0.0512 e. The molecule has 2 heterocycles. The molecule has 2 N–H and O–H groups in total. The van der Waals surface area contributed by atoms with Crippen molar-refractivity contribution in [2.24, 2.45) is 0 Å². The zero-order chi connectivity index (χ0) is 13.9. The highest BCUT2D eigenvalue weighted by atomic mass is 79.9. The number of nitrogens with two attached hydrogens (primary N) is 1. The van der Waals surface area contributed by atoms with Crippen LogP contribution in [0.1, 0.15) is 32.1 Å². The van der Waals surface area contributed by atoms with Crippen molar-refractivity contribution in [3.63, 3.8) is 0 Å². The Labute approximate surface area is 130 Å². The van der Waals surface area contributed by atoms with Gasteiger partial charge >= 0.3 is 0 Å². The molecule has 1 aromatic carbocycles. The summed E-state index contributed by atoms with van der Waals surface area (Å²) in [7, 11) is 0. The molecule has 4 heteroatoms. The lowest BCUT2D eigenvalue weighted by Crippen LogP contribution is -2.46. The molecule has 2 saturated heterocycles. The van der Waals surface area contributed by atoms with Gasteiger partial charge in [-0.2, -0.15) is 0 Å². The first-order chi connectivity index (χ1) is 9.74. The molecule has 2 aliphatic rings. The lowest BCUT2D eigenvalue weighted by atomic mass is 9.99. The first-order valence-electron chi connectivity index (χ1n) is 7.78. The topological polar surface area (TPSA) is 32.5 Å². The Kier molecular flexibility index (Phi) is 4.51. The average Bonchev–Trinajstić information content (AvgIpc) is 2.48. The third-order valence-electron chi connectivity index (χ3n) is 4.68. The predicted octanol–water partition coefficient (Wildman–Crippen LogP) is 3.49. The van der Waals surface area contributed by atoms with E-state index in [-0.39, 0.29) is 0 Å². The Morgan fingerprint density at radius 1 is 1.00 bits per heavy atom. The van der Waals surface area contributed by atoms with E-state index in [4.69, 9.17) is 5.73 Å². The van der Waals surface area contributed by atoms with Gasteiger partial charge in [0.1, 0.15) is 0 Å². The minimum Gasteiger partial charge on any atom is -0.399 e. The number of likely N-dealkylation sites (tertiary alicyclic amines) is 1. The Morgan fingerprint density at radius 3 is 2.35 bits per heavy atom. The quantitative estimate of drug-likeness (QED) is 0.838. The monoisotopic (exact) mass is 337 g/mol. The van der Waals surface area contributed by atoms with Crippen LogP contribution in [0.4, 0.5) is 11.4 Å². The minimum absolute atomic E-state index is 0.805. The van der Waals surface area contributed by atoms with Gasteiger partial charge in [0.2, 0.25) is 0 Å². The molecule has 3 nitrogen and oxygen atoms in total. The van der Waals surface area contributed by atoms with E-state index in [0.717, 1.165) is 29.3 Å². The maximum Gasteiger partial charge on any atom is 0.0512 e. The molecule has 110 valence electrons. The number of hydrogen-bond acceptors (Lipinski definition) is 3. The van der Waals surface area contributed by atoms with Crippen LogP contribution in [0.15, 0.2) is 22.7 Å². The molecular weight excluding hydrogens is 314 g/mol. The van der Waals surface area contributed by atoms with Gasteiger partial charge in [-0.05, 0) is 72.9 Å². The third-order valence-corrected chi connectivity index (χ3v) is 5.32. The summed E-state index contributed by atoms with van der Waals surface area (Å²) in [5, 5.41) is 0. The van der Waals surface area contributed by atoms with E-state index in [1.807, 2.05) is 12.1 Å². The molecule has 2 aliphatic heterocycles. The molecule has 0 aromatic heterocycles. The second kappa shape index (κ2) is 6.35. The fourth-order valence-corrected chi connectivity index (χ4v) is 4.18. The molecule has 0 atom stereocenters. The van der Waals surface area contributed by atoms with Gasteiger partial charge in [0.05, 0.1) is 5.69 Å². The zero-order valence-corrected chi connectivity index (χ0v) is 13.6. The van der Waals surface area contributed by atoms with Gasteiger partial charge < -0.3 is 15.5 Å². The van der Waals surface area contributed by atoms with Crippen LogP contribution in [0, 0.1) is 0 Å². The van der Waals surface area contributed by atoms with Crippen LogP contribution in [-0.2, 0) is 0 Å². The number of piperidine rings is 2. The van der Waals surface area contributed by atoms with Crippen LogP contribution in [0.2, 0.25) is 0 Å². The number of benzene rings is 1. The Hall–Kier alpha value is -0.740. The maximum absolute atomic E-state index is 5.82. The van der Waals surface area contributed by atoms with Gasteiger partial charge in [-0.1, -0.05) is 6.42 Å². The Balaban J connectivity index is 1.60. The van der Waals surface area contributed by atoms with Crippen molar-refractivity contribution in [2.45, 2.75) is 38.1 Å². The molecule has 0 spiro atoms. The summed E-state index contributed by atoms with van der Waals surface area (Å²) >= 11 is 3.64. The molecule has 1 aromatic rings. The van der Waals surface area contributed by atoms with Gasteiger partial charge in [-0.3, -0.25) is 0 Å². The van der Waals surface area contributed by atoms with Crippen molar-refractivity contribution in [1.82, 2.24) is 4.90 Å². The first-order valence-corrected chi connectivity index (χ1v) is 8.57. The van der Waals surface area contributed by atoms with Crippen molar-refractivity contribution < 1.29 is 0 Å². The van der Waals surface area contributed by atoms with Crippen LogP contribution in [0.5, 0.6) is 0 Å². The molecule has 0 unspecified atom stereocenters.